The minimum absolute atomic E-state index is 0.000948. The molecule has 0 saturated carbocycles. The van der Waals surface area contributed by atoms with Crippen LogP contribution in [-0.2, 0) is 4.79 Å². The maximum atomic E-state index is 12.4. The van der Waals surface area contributed by atoms with E-state index in [1.165, 1.54) is 6.08 Å². The number of hydrogen-bond donors (Lipinski definition) is 1. The second-order valence-electron chi connectivity index (χ2n) is 9.13. The van der Waals surface area contributed by atoms with Gasteiger partial charge in [0.1, 0.15) is 23.1 Å². The van der Waals surface area contributed by atoms with Crippen LogP contribution in [0.25, 0.3) is 6.08 Å². The molecule has 39 heavy (non-hydrogen) atoms. The number of hydrogen-bond acceptors (Lipinski definition) is 7. The number of rotatable bonds is 10. The first-order valence-corrected chi connectivity index (χ1v) is 13.0. The number of nitrogens with zero attached hydrogens (tertiary/aromatic N) is 1. The van der Waals surface area contributed by atoms with Gasteiger partial charge in [0.05, 0.1) is 19.1 Å². The van der Waals surface area contributed by atoms with Crippen LogP contribution in [0.15, 0.2) is 78.2 Å². The third-order valence-electron chi connectivity index (χ3n) is 6.25. The topological polar surface area (TPSA) is 104 Å². The zero-order valence-corrected chi connectivity index (χ0v) is 22.4. The molecule has 0 radical (unpaired) electrons. The van der Waals surface area contributed by atoms with Crippen molar-refractivity contribution >= 4 is 12.0 Å². The standard InChI is InChI=1S/C32H32N2O5/c1-4-6-17-37-27-15-12-23(18-29(27)36-5-2)31-25-14-13-24(19-28(25)39-32(34)26(31)20-33)38-30(35)16-11-22-9-7-21(3)8-10-22/h7-16,18-19,31H,4-6,17,34H2,1-3H3/b16-11+. The fourth-order valence-electron chi connectivity index (χ4n) is 4.25. The van der Waals surface area contributed by atoms with Gasteiger partial charge in [-0.15, -0.1) is 0 Å². The third kappa shape index (κ3) is 6.60. The van der Waals surface area contributed by atoms with Crippen molar-refractivity contribution in [1.82, 2.24) is 0 Å². The smallest absolute Gasteiger partial charge is 0.336 e. The summed E-state index contributed by atoms with van der Waals surface area (Å²) in [4.78, 5) is 12.4. The number of carbonyl (C=O) groups excluding carboxylic acids is 1. The van der Waals surface area contributed by atoms with Gasteiger partial charge in [-0.3, -0.25) is 0 Å². The number of fused-ring (bicyclic) bond motifs is 1. The van der Waals surface area contributed by atoms with E-state index in [2.05, 4.69) is 13.0 Å². The summed E-state index contributed by atoms with van der Waals surface area (Å²) in [6.45, 7) is 7.07. The van der Waals surface area contributed by atoms with E-state index >= 15 is 0 Å². The zero-order chi connectivity index (χ0) is 27.8. The van der Waals surface area contributed by atoms with Gasteiger partial charge in [-0.1, -0.05) is 55.3 Å². The molecular formula is C32H32N2O5. The van der Waals surface area contributed by atoms with E-state index in [0.29, 0.717) is 36.2 Å². The van der Waals surface area contributed by atoms with E-state index in [0.717, 1.165) is 35.1 Å². The fourth-order valence-corrected chi connectivity index (χ4v) is 4.25. The Morgan fingerprint density at radius 3 is 2.56 bits per heavy atom. The summed E-state index contributed by atoms with van der Waals surface area (Å²) in [7, 11) is 0. The molecule has 4 rings (SSSR count). The van der Waals surface area contributed by atoms with E-state index in [9.17, 15) is 10.1 Å². The molecule has 0 saturated heterocycles. The van der Waals surface area contributed by atoms with Crippen LogP contribution in [0.1, 0.15) is 54.9 Å². The van der Waals surface area contributed by atoms with Crippen molar-refractivity contribution in [1.29, 1.82) is 5.26 Å². The van der Waals surface area contributed by atoms with Gasteiger partial charge < -0.3 is 24.7 Å². The highest BCUT2D eigenvalue weighted by molar-refractivity contribution is 5.88. The van der Waals surface area contributed by atoms with E-state index < -0.39 is 11.9 Å². The minimum atomic E-state index is -0.524. The molecule has 0 bridgehead atoms. The van der Waals surface area contributed by atoms with Crippen molar-refractivity contribution in [2.45, 2.75) is 39.5 Å². The van der Waals surface area contributed by atoms with Crippen LogP contribution in [0, 0.1) is 18.3 Å². The number of esters is 1. The summed E-state index contributed by atoms with van der Waals surface area (Å²) < 4.78 is 23.1. The summed E-state index contributed by atoms with van der Waals surface area (Å²) in [6.07, 6.45) is 5.03. The van der Waals surface area contributed by atoms with Crippen molar-refractivity contribution in [3.05, 3.63) is 100 Å². The lowest BCUT2D eigenvalue weighted by atomic mass is 9.83. The maximum absolute atomic E-state index is 12.4. The molecule has 0 fully saturated rings. The van der Waals surface area contributed by atoms with Gasteiger partial charge in [-0.05, 0) is 55.7 Å². The van der Waals surface area contributed by atoms with E-state index in [1.54, 1.807) is 24.3 Å². The lowest BCUT2D eigenvalue weighted by Gasteiger charge is -2.27. The summed E-state index contributed by atoms with van der Waals surface area (Å²) in [5, 5.41) is 9.93. The molecule has 1 heterocycles. The summed E-state index contributed by atoms with van der Waals surface area (Å²) in [5.74, 6) is 0.940. The van der Waals surface area contributed by atoms with Crippen molar-refractivity contribution < 1.29 is 23.7 Å². The number of unbranched alkanes of at least 4 members (excludes halogenated alkanes) is 1. The maximum Gasteiger partial charge on any atom is 0.336 e. The number of allylic oxidation sites excluding steroid dienone is 1. The fraction of sp³-hybridized carbons (Fsp3) is 0.250. The van der Waals surface area contributed by atoms with Crippen molar-refractivity contribution in [2.24, 2.45) is 5.73 Å². The van der Waals surface area contributed by atoms with Crippen LogP contribution >= 0.6 is 0 Å². The van der Waals surface area contributed by atoms with Crippen molar-refractivity contribution in [2.75, 3.05) is 13.2 Å². The highest BCUT2D eigenvalue weighted by Gasteiger charge is 2.31. The highest BCUT2D eigenvalue weighted by atomic mass is 16.5. The van der Waals surface area contributed by atoms with Crippen LogP contribution in [0.5, 0.6) is 23.0 Å². The van der Waals surface area contributed by atoms with Gasteiger partial charge in [-0.2, -0.15) is 5.26 Å². The Morgan fingerprint density at radius 1 is 1.05 bits per heavy atom. The molecule has 200 valence electrons. The molecule has 1 aliphatic rings. The van der Waals surface area contributed by atoms with E-state index in [4.69, 9.17) is 24.7 Å². The molecule has 0 amide bonds. The molecule has 7 heteroatoms. The molecule has 7 nitrogen and oxygen atoms in total. The average molecular weight is 525 g/mol. The van der Waals surface area contributed by atoms with Crippen LogP contribution in [0.2, 0.25) is 0 Å². The number of nitriles is 1. The Kier molecular flexibility index (Phi) is 8.90. The summed E-state index contributed by atoms with van der Waals surface area (Å²) in [6, 6.07) is 20.7. The van der Waals surface area contributed by atoms with Gasteiger partial charge in [0.25, 0.3) is 0 Å². The first-order valence-electron chi connectivity index (χ1n) is 13.0. The number of benzene rings is 3. The predicted octanol–water partition coefficient (Wildman–Crippen LogP) is 6.41. The lowest BCUT2D eigenvalue weighted by Crippen LogP contribution is -2.21. The Labute approximate surface area is 229 Å². The monoisotopic (exact) mass is 524 g/mol. The summed E-state index contributed by atoms with van der Waals surface area (Å²) in [5.41, 5.74) is 10.0. The van der Waals surface area contributed by atoms with Crippen molar-refractivity contribution in [3.63, 3.8) is 0 Å². The molecule has 1 aliphatic heterocycles. The van der Waals surface area contributed by atoms with E-state index in [-0.39, 0.29) is 11.5 Å². The molecule has 2 N–H and O–H groups in total. The molecule has 1 unspecified atom stereocenters. The SMILES string of the molecule is CCCCOc1ccc(C2C(C#N)=C(N)Oc3cc(OC(=O)/C=C/c4ccc(C)cc4)ccc32)cc1OCC. The summed E-state index contributed by atoms with van der Waals surface area (Å²) >= 11 is 0. The minimum Gasteiger partial charge on any atom is -0.490 e. The number of aryl methyl sites for hydroxylation is 1. The predicted molar refractivity (Wildman–Crippen MR) is 150 cm³/mol. The molecule has 3 aromatic carbocycles. The van der Waals surface area contributed by atoms with Gasteiger partial charge >= 0.3 is 5.97 Å². The van der Waals surface area contributed by atoms with Gasteiger partial charge in [-0.25, -0.2) is 4.79 Å². The largest absolute Gasteiger partial charge is 0.490 e. The van der Waals surface area contributed by atoms with Crippen LogP contribution in [-0.4, -0.2) is 19.2 Å². The van der Waals surface area contributed by atoms with Crippen LogP contribution in [0.3, 0.4) is 0 Å². The Morgan fingerprint density at radius 2 is 1.85 bits per heavy atom. The molecule has 0 aromatic heterocycles. The first-order chi connectivity index (χ1) is 18.9. The molecule has 0 aliphatic carbocycles. The molecular weight excluding hydrogens is 492 g/mol. The lowest BCUT2D eigenvalue weighted by molar-refractivity contribution is -0.128. The number of ether oxygens (including phenoxy) is 4. The van der Waals surface area contributed by atoms with Gasteiger partial charge in [0.15, 0.2) is 11.5 Å². The quantitative estimate of drug-likeness (QED) is 0.141. The second kappa shape index (κ2) is 12.7. The number of carbonyl (C=O) groups is 1. The third-order valence-corrected chi connectivity index (χ3v) is 6.25. The average Bonchev–Trinajstić information content (AvgIpc) is 2.93. The molecule has 0 spiro atoms. The Hall–Kier alpha value is -4.70. The Balaban J connectivity index is 1.60. The highest BCUT2D eigenvalue weighted by Crippen LogP contribution is 2.45. The van der Waals surface area contributed by atoms with Gasteiger partial charge in [0, 0.05) is 17.7 Å². The second-order valence-corrected chi connectivity index (χ2v) is 9.13. The molecule has 3 aromatic rings. The Bertz CT molecular complexity index is 1430. The van der Waals surface area contributed by atoms with Crippen LogP contribution < -0.4 is 24.7 Å². The number of nitrogens with two attached hydrogens (primary N) is 1. The zero-order valence-electron chi connectivity index (χ0n) is 22.4. The van der Waals surface area contributed by atoms with Crippen molar-refractivity contribution in [3.8, 4) is 29.1 Å². The first kappa shape index (κ1) is 27.3. The van der Waals surface area contributed by atoms with Gasteiger partial charge in [0.2, 0.25) is 5.88 Å². The van der Waals surface area contributed by atoms with Crippen LogP contribution in [0.4, 0.5) is 0 Å². The normalized spacial score (nSPS) is 14.4. The van der Waals surface area contributed by atoms with E-state index in [1.807, 2.05) is 56.3 Å². The molecule has 1 atom stereocenters.